The van der Waals surface area contributed by atoms with Crippen LogP contribution in [0.5, 0.6) is 5.75 Å². The SMILES string of the molecule is COc1ccc(-c2nnc(SCC(=O)Nc3ccc(Cl)cc3Cl)n2C)cc1. The molecule has 1 heterocycles. The number of hydrogen-bond donors (Lipinski definition) is 1. The van der Waals surface area contributed by atoms with Gasteiger partial charge in [0.2, 0.25) is 5.91 Å². The molecule has 0 bridgehead atoms. The molecule has 9 heteroatoms. The Balaban J connectivity index is 1.64. The number of amides is 1. The first-order valence-corrected chi connectivity index (χ1v) is 9.63. The van der Waals surface area contributed by atoms with Gasteiger partial charge in [0.15, 0.2) is 11.0 Å². The van der Waals surface area contributed by atoms with Crippen LogP contribution in [0.25, 0.3) is 11.4 Å². The third-order valence-electron chi connectivity index (χ3n) is 3.72. The molecule has 0 saturated carbocycles. The van der Waals surface area contributed by atoms with Gasteiger partial charge in [-0.05, 0) is 42.5 Å². The first-order chi connectivity index (χ1) is 13.0. The molecular formula is C18H16Cl2N4O2S. The lowest BCUT2D eigenvalue weighted by atomic mass is 10.2. The average molecular weight is 423 g/mol. The number of anilines is 1. The minimum absolute atomic E-state index is 0.174. The number of methoxy groups -OCH3 is 1. The zero-order valence-electron chi connectivity index (χ0n) is 14.6. The van der Waals surface area contributed by atoms with Crippen LogP contribution >= 0.6 is 35.0 Å². The lowest BCUT2D eigenvalue weighted by molar-refractivity contribution is -0.113. The summed E-state index contributed by atoms with van der Waals surface area (Å²) < 4.78 is 7.00. The number of ether oxygens (including phenoxy) is 1. The number of nitrogens with zero attached hydrogens (tertiary/aromatic N) is 3. The van der Waals surface area contributed by atoms with Gasteiger partial charge in [-0.3, -0.25) is 4.79 Å². The smallest absolute Gasteiger partial charge is 0.234 e. The zero-order valence-corrected chi connectivity index (χ0v) is 16.9. The van der Waals surface area contributed by atoms with Crippen molar-refractivity contribution in [1.29, 1.82) is 0 Å². The molecule has 6 nitrogen and oxygen atoms in total. The Kier molecular flexibility index (Phi) is 6.26. The summed E-state index contributed by atoms with van der Waals surface area (Å²) in [5, 5.41) is 12.7. The molecule has 27 heavy (non-hydrogen) atoms. The second kappa shape index (κ2) is 8.65. The van der Waals surface area contributed by atoms with Crippen LogP contribution in [-0.2, 0) is 11.8 Å². The maximum atomic E-state index is 12.2. The standard InChI is InChI=1S/C18H16Cl2N4O2S/c1-24-17(11-3-6-13(26-2)7-4-11)22-23-18(24)27-10-16(25)21-15-8-5-12(19)9-14(15)20/h3-9H,10H2,1-2H3,(H,21,25). The van der Waals surface area contributed by atoms with Crippen molar-refractivity contribution in [3.63, 3.8) is 0 Å². The van der Waals surface area contributed by atoms with E-state index in [0.717, 1.165) is 11.3 Å². The van der Waals surface area contributed by atoms with Crippen LogP contribution in [-0.4, -0.2) is 33.5 Å². The molecule has 3 aromatic rings. The van der Waals surface area contributed by atoms with E-state index in [1.54, 1.807) is 25.3 Å². The van der Waals surface area contributed by atoms with E-state index < -0.39 is 0 Å². The summed E-state index contributed by atoms with van der Waals surface area (Å²) in [4.78, 5) is 12.2. The van der Waals surface area contributed by atoms with Crippen LogP contribution in [0.2, 0.25) is 10.0 Å². The van der Waals surface area contributed by atoms with E-state index in [-0.39, 0.29) is 11.7 Å². The molecule has 0 radical (unpaired) electrons. The molecule has 1 aromatic heterocycles. The van der Waals surface area contributed by atoms with E-state index in [1.165, 1.54) is 11.8 Å². The number of carbonyl (C=O) groups excluding carboxylic acids is 1. The van der Waals surface area contributed by atoms with Crippen LogP contribution in [0.1, 0.15) is 0 Å². The summed E-state index contributed by atoms with van der Waals surface area (Å²) in [5.74, 6) is 1.46. The largest absolute Gasteiger partial charge is 0.497 e. The van der Waals surface area contributed by atoms with E-state index >= 15 is 0 Å². The van der Waals surface area contributed by atoms with E-state index in [0.29, 0.717) is 26.7 Å². The maximum absolute atomic E-state index is 12.2. The summed E-state index contributed by atoms with van der Waals surface area (Å²) in [7, 11) is 3.48. The first-order valence-electron chi connectivity index (χ1n) is 7.89. The van der Waals surface area contributed by atoms with Gasteiger partial charge in [-0.1, -0.05) is 35.0 Å². The average Bonchev–Trinajstić information content (AvgIpc) is 3.03. The van der Waals surface area contributed by atoms with Gasteiger partial charge >= 0.3 is 0 Å². The highest BCUT2D eigenvalue weighted by Gasteiger charge is 2.14. The highest BCUT2D eigenvalue weighted by atomic mass is 35.5. The number of nitrogens with one attached hydrogen (secondary N) is 1. The zero-order chi connectivity index (χ0) is 19.4. The van der Waals surface area contributed by atoms with Crippen molar-refractivity contribution in [1.82, 2.24) is 14.8 Å². The predicted octanol–water partition coefficient (Wildman–Crippen LogP) is 4.53. The van der Waals surface area contributed by atoms with Crippen LogP contribution in [0, 0.1) is 0 Å². The molecule has 0 atom stereocenters. The topological polar surface area (TPSA) is 69.0 Å². The first kappa shape index (κ1) is 19.5. The summed E-state index contributed by atoms with van der Waals surface area (Å²) in [6, 6.07) is 12.5. The Morgan fingerprint density at radius 1 is 1.19 bits per heavy atom. The summed E-state index contributed by atoms with van der Waals surface area (Å²) in [6.45, 7) is 0. The number of halogens is 2. The van der Waals surface area contributed by atoms with Gasteiger partial charge in [-0.2, -0.15) is 0 Å². The number of carbonyl (C=O) groups is 1. The number of rotatable bonds is 6. The number of thioether (sulfide) groups is 1. The van der Waals surface area contributed by atoms with Crippen molar-refractivity contribution in [2.24, 2.45) is 7.05 Å². The highest BCUT2D eigenvalue weighted by molar-refractivity contribution is 7.99. The van der Waals surface area contributed by atoms with Crippen LogP contribution in [0.15, 0.2) is 47.6 Å². The molecule has 1 N–H and O–H groups in total. The maximum Gasteiger partial charge on any atom is 0.234 e. The third kappa shape index (κ3) is 4.74. The van der Waals surface area contributed by atoms with Crippen molar-refractivity contribution >= 4 is 46.6 Å². The van der Waals surface area contributed by atoms with Crippen LogP contribution < -0.4 is 10.1 Å². The van der Waals surface area contributed by atoms with Gasteiger partial charge in [0.05, 0.1) is 23.6 Å². The lowest BCUT2D eigenvalue weighted by Crippen LogP contribution is -2.14. The Morgan fingerprint density at radius 3 is 2.59 bits per heavy atom. The highest BCUT2D eigenvalue weighted by Crippen LogP contribution is 2.27. The molecule has 0 aliphatic carbocycles. The Hall–Kier alpha value is -2.22. The van der Waals surface area contributed by atoms with Crippen molar-refractivity contribution in [2.45, 2.75) is 5.16 Å². The molecule has 0 unspecified atom stereocenters. The molecule has 140 valence electrons. The summed E-state index contributed by atoms with van der Waals surface area (Å²) in [6.07, 6.45) is 0. The van der Waals surface area contributed by atoms with Crippen molar-refractivity contribution in [2.75, 3.05) is 18.2 Å². The molecule has 0 saturated heterocycles. The Bertz CT molecular complexity index is 960. The van der Waals surface area contributed by atoms with Crippen molar-refractivity contribution < 1.29 is 9.53 Å². The summed E-state index contributed by atoms with van der Waals surface area (Å²) in [5.41, 5.74) is 1.43. The van der Waals surface area contributed by atoms with Gasteiger partial charge in [0.1, 0.15) is 5.75 Å². The van der Waals surface area contributed by atoms with E-state index in [4.69, 9.17) is 27.9 Å². The fourth-order valence-electron chi connectivity index (χ4n) is 2.34. The lowest BCUT2D eigenvalue weighted by Gasteiger charge is -2.07. The van der Waals surface area contributed by atoms with Gasteiger partial charge in [0, 0.05) is 17.6 Å². The fourth-order valence-corrected chi connectivity index (χ4v) is 3.51. The Labute approximate surface area is 170 Å². The number of hydrogen-bond acceptors (Lipinski definition) is 5. The normalized spacial score (nSPS) is 10.7. The molecule has 3 rings (SSSR count). The van der Waals surface area contributed by atoms with E-state index in [9.17, 15) is 4.79 Å². The van der Waals surface area contributed by atoms with Crippen molar-refractivity contribution in [3.8, 4) is 17.1 Å². The molecule has 0 aliphatic heterocycles. The predicted molar refractivity (Wildman–Crippen MR) is 109 cm³/mol. The van der Waals surface area contributed by atoms with Crippen LogP contribution in [0.4, 0.5) is 5.69 Å². The monoisotopic (exact) mass is 422 g/mol. The third-order valence-corrected chi connectivity index (χ3v) is 5.29. The molecule has 1 amide bonds. The van der Waals surface area contributed by atoms with Crippen molar-refractivity contribution in [3.05, 3.63) is 52.5 Å². The molecular weight excluding hydrogens is 407 g/mol. The molecule has 0 fully saturated rings. The van der Waals surface area contributed by atoms with E-state index in [1.807, 2.05) is 35.9 Å². The summed E-state index contributed by atoms with van der Waals surface area (Å²) >= 11 is 13.2. The van der Waals surface area contributed by atoms with Gasteiger partial charge in [-0.25, -0.2) is 0 Å². The second-order valence-corrected chi connectivity index (χ2v) is 7.34. The second-order valence-electron chi connectivity index (χ2n) is 5.55. The molecule has 0 aliphatic rings. The minimum atomic E-state index is -0.196. The van der Waals surface area contributed by atoms with Gasteiger partial charge in [-0.15, -0.1) is 10.2 Å². The number of benzene rings is 2. The minimum Gasteiger partial charge on any atom is -0.497 e. The van der Waals surface area contributed by atoms with Gasteiger partial charge in [0.25, 0.3) is 0 Å². The fraction of sp³-hybridized carbons (Fsp3) is 0.167. The van der Waals surface area contributed by atoms with Gasteiger partial charge < -0.3 is 14.6 Å². The Morgan fingerprint density at radius 2 is 1.93 bits per heavy atom. The number of aromatic nitrogens is 3. The molecule has 0 spiro atoms. The molecule has 2 aromatic carbocycles. The van der Waals surface area contributed by atoms with Crippen LogP contribution in [0.3, 0.4) is 0 Å². The quantitative estimate of drug-likeness (QED) is 0.590. The van der Waals surface area contributed by atoms with E-state index in [2.05, 4.69) is 15.5 Å².